The average Bonchev–Trinajstić information content (AvgIpc) is 2.80. The first kappa shape index (κ1) is 15.4. The number of anilines is 2. The highest BCUT2D eigenvalue weighted by atomic mass is 32.2. The first-order valence-electron chi connectivity index (χ1n) is 6.97. The predicted octanol–water partition coefficient (Wildman–Crippen LogP) is 2.51. The molecule has 20 heavy (non-hydrogen) atoms. The third-order valence-electron chi connectivity index (χ3n) is 3.52. The number of nitrogens with two attached hydrogens (primary N) is 1. The molecule has 1 amide bonds. The van der Waals surface area contributed by atoms with Crippen molar-refractivity contribution in [1.29, 1.82) is 0 Å². The number of nitrogens with one attached hydrogen (secondary N) is 1. The van der Waals surface area contributed by atoms with Gasteiger partial charge in [0.2, 0.25) is 0 Å². The van der Waals surface area contributed by atoms with Crippen LogP contribution in [0, 0.1) is 0 Å². The van der Waals surface area contributed by atoms with E-state index in [2.05, 4.69) is 31.1 Å². The summed E-state index contributed by atoms with van der Waals surface area (Å²) in [6, 6.07) is 0.231. The van der Waals surface area contributed by atoms with E-state index < -0.39 is 0 Å². The minimum atomic E-state index is 0.0178. The number of hydrogen-bond donors (Lipinski definition) is 2. The van der Waals surface area contributed by atoms with Gasteiger partial charge in [-0.05, 0) is 13.3 Å². The summed E-state index contributed by atoms with van der Waals surface area (Å²) in [6.07, 6.45) is 1.01. The monoisotopic (exact) mass is 314 g/mol. The third kappa shape index (κ3) is 3.20. The Morgan fingerprint density at radius 2 is 2.30 bits per heavy atom. The fourth-order valence-corrected chi connectivity index (χ4v) is 4.11. The van der Waals surface area contributed by atoms with E-state index in [1.807, 2.05) is 16.7 Å². The van der Waals surface area contributed by atoms with E-state index in [9.17, 15) is 4.79 Å². The lowest BCUT2D eigenvalue weighted by Crippen LogP contribution is -2.47. The number of amides is 1. The Labute approximate surface area is 128 Å². The second kappa shape index (κ2) is 6.67. The first-order valence-corrected chi connectivity index (χ1v) is 8.83. The smallest absolute Gasteiger partial charge is 0.268 e. The van der Waals surface area contributed by atoms with E-state index in [-0.39, 0.29) is 11.9 Å². The second-order valence-corrected chi connectivity index (χ2v) is 7.46. The van der Waals surface area contributed by atoms with Crippen molar-refractivity contribution in [3.05, 3.63) is 4.88 Å². The van der Waals surface area contributed by atoms with Crippen LogP contribution in [-0.2, 0) is 0 Å². The SMILES string of the molecule is CCCNc1nc(N)c(C(=O)N2CCSC(C)C2C)s1. The summed E-state index contributed by atoms with van der Waals surface area (Å²) in [5.74, 6) is 1.34. The largest absolute Gasteiger partial charge is 0.382 e. The Bertz CT molecular complexity index is 477. The summed E-state index contributed by atoms with van der Waals surface area (Å²) < 4.78 is 0. The van der Waals surface area contributed by atoms with E-state index in [0.29, 0.717) is 15.9 Å². The quantitative estimate of drug-likeness (QED) is 0.893. The van der Waals surface area contributed by atoms with Gasteiger partial charge in [0.25, 0.3) is 5.91 Å². The maximum atomic E-state index is 12.6. The van der Waals surface area contributed by atoms with Gasteiger partial charge in [-0.25, -0.2) is 4.98 Å². The molecule has 7 heteroatoms. The molecule has 2 rings (SSSR count). The molecule has 0 radical (unpaired) electrons. The van der Waals surface area contributed by atoms with Crippen LogP contribution in [0.4, 0.5) is 10.9 Å². The molecule has 1 aliphatic heterocycles. The van der Waals surface area contributed by atoms with Crippen LogP contribution < -0.4 is 11.1 Å². The minimum Gasteiger partial charge on any atom is -0.382 e. The lowest BCUT2D eigenvalue weighted by atomic mass is 10.2. The number of nitrogen functional groups attached to an aromatic ring is 1. The Morgan fingerprint density at radius 1 is 1.55 bits per heavy atom. The number of nitrogens with zero attached hydrogens (tertiary/aromatic N) is 2. The zero-order valence-electron chi connectivity index (χ0n) is 12.2. The highest BCUT2D eigenvalue weighted by molar-refractivity contribution is 8.00. The molecule has 112 valence electrons. The van der Waals surface area contributed by atoms with Crippen molar-refractivity contribution in [2.75, 3.05) is 29.9 Å². The molecule has 0 bridgehead atoms. The van der Waals surface area contributed by atoms with Gasteiger partial charge in [-0.3, -0.25) is 4.79 Å². The van der Waals surface area contributed by atoms with Gasteiger partial charge in [-0.1, -0.05) is 25.2 Å². The molecule has 0 aliphatic carbocycles. The van der Waals surface area contributed by atoms with Crippen LogP contribution in [0.5, 0.6) is 0 Å². The lowest BCUT2D eigenvalue weighted by Gasteiger charge is -2.37. The lowest BCUT2D eigenvalue weighted by molar-refractivity contribution is 0.0704. The number of rotatable bonds is 4. The van der Waals surface area contributed by atoms with E-state index in [0.717, 1.165) is 30.4 Å². The van der Waals surface area contributed by atoms with Crippen LogP contribution in [0.1, 0.15) is 36.9 Å². The summed E-state index contributed by atoms with van der Waals surface area (Å²) in [5, 5.41) is 4.38. The van der Waals surface area contributed by atoms with Crippen molar-refractivity contribution in [2.24, 2.45) is 0 Å². The van der Waals surface area contributed by atoms with Gasteiger partial charge in [0.05, 0.1) is 0 Å². The molecular weight excluding hydrogens is 292 g/mol. The zero-order chi connectivity index (χ0) is 14.7. The van der Waals surface area contributed by atoms with Crippen molar-refractivity contribution in [3.63, 3.8) is 0 Å². The average molecular weight is 314 g/mol. The predicted molar refractivity (Wildman–Crippen MR) is 87.7 cm³/mol. The van der Waals surface area contributed by atoms with Gasteiger partial charge in [0, 0.05) is 30.1 Å². The number of thioether (sulfide) groups is 1. The van der Waals surface area contributed by atoms with Gasteiger partial charge in [0.1, 0.15) is 10.7 Å². The summed E-state index contributed by atoms with van der Waals surface area (Å²) in [6.45, 7) is 7.98. The van der Waals surface area contributed by atoms with Crippen LogP contribution in [-0.4, -0.2) is 45.9 Å². The number of hydrogen-bond acceptors (Lipinski definition) is 6. The number of carbonyl (C=O) groups is 1. The van der Waals surface area contributed by atoms with Gasteiger partial charge < -0.3 is 16.0 Å². The number of aromatic nitrogens is 1. The molecule has 1 fully saturated rings. The van der Waals surface area contributed by atoms with Crippen molar-refractivity contribution in [3.8, 4) is 0 Å². The van der Waals surface area contributed by atoms with Crippen LogP contribution in [0.3, 0.4) is 0 Å². The molecule has 0 aromatic carbocycles. The molecule has 1 saturated heterocycles. The molecular formula is C13H22N4OS2. The Hall–Kier alpha value is -0.950. The zero-order valence-corrected chi connectivity index (χ0v) is 13.8. The number of carbonyl (C=O) groups excluding carboxylic acids is 1. The third-order valence-corrected chi connectivity index (χ3v) is 5.87. The molecule has 1 aromatic rings. The molecule has 2 atom stereocenters. The van der Waals surface area contributed by atoms with E-state index >= 15 is 0 Å². The molecule has 0 spiro atoms. The van der Waals surface area contributed by atoms with Gasteiger partial charge >= 0.3 is 0 Å². The van der Waals surface area contributed by atoms with E-state index in [1.54, 1.807) is 0 Å². The van der Waals surface area contributed by atoms with E-state index in [1.165, 1.54) is 11.3 Å². The van der Waals surface area contributed by atoms with Crippen LogP contribution in [0.25, 0.3) is 0 Å². The van der Waals surface area contributed by atoms with Crippen molar-refractivity contribution in [2.45, 2.75) is 38.5 Å². The second-order valence-electron chi connectivity index (χ2n) is 4.98. The van der Waals surface area contributed by atoms with Gasteiger partial charge in [-0.15, -0.1) is 0 Å². The number of thiazole rings is 1. The highest BCUT2D eigenvalue weighted by Crippen LogP contribution is 2.30. The Kier molecular flexibility index (Phi) is 5.15. The van der Waals surface area contributed by atoms with Crippen molar-refractivity contribution < 1.29 is 4.79 Å². The van der Waals surface area contributed by atoms with Gasteiger partial charge in [0.15, 0.2) is 5.13 Å². The van der Waals surface area contributed by atoms with Crippen LogP contribution >= 0.6 is 23.1 Å². The molecule has 0 saturated carbocycles. The molecule has 5 nitrogen and oxygen atoms in total. The summed E-state index contributed by atoms with van der Waals surface area (Å²) in [4.78, 5) is 19.4. The molecule has 1 aliphatic rings. The first-order chi connectivity index (χ1) is 9.54. The summed E-state index contributed by atoms with van der Waals surface area (Å²) >= 11 is 3.27. The van der Waals surface area contributed by atoms with Crippen LogP contribution in [0.2, 0.25) is 0 Å². The standard InChI is InChI=1S/C13H22N4OS2/c1-4-5-15-13-16-11(14)10(20-13)12(18)17-6-7-19-9(3)8(17)2/h8-9H,4-7,14H2,1-3H3,(H,15,16). The normalized spacial score (nSPS) is 22.9. The highest BCUT2D eigenvalue weighted by Gasteiger charge is 2.31. The Balaban J connectivity index is 2.14. The maximum absolute atomic E-state index is 12.6. The fraction of sp³-hybridized carbons (Fsp3) is 0.692. The summed E-state index contributed by atoms with van der Waals surface area (Å²) in [7, 11) is 0. The molecule has 1 aromatic heterocycles. The molecule has 2 unspecified atom stereocenters. The fourth-order valence-electron chi connectivity index (χ4n) is 2.14. The minimum absolute atomic E-state index is 0.0178. The summed E-state index contributed by atoms with van der Waals surface area (Å²) in [5.41, 5.74) is 5.91. The van der Waals surface area contributed by atoms with Gasteiger partial charge in [-0.2, -0.15) is 11.8 Å². The van der Waals surface area contributed by atoms with E-state index in [4.69, 9.17) is 5.73 Å². The Morgan fingerprint density at radius 3 is 3.00 bits per heavy atom. The van der Waals surface area contributed by atoms with Crippen LogP contribution in [0.15, 0.2) is 0 Å². The molecule has 2 heterocycles. The topological polar surface area (TPSA) is 71.2 Å². The van der Waals surface area contributed by atoms with Crippen molar-refractivity contribution in [1.82, 2.24) is 9.88 Å². The maximum Gasteiger partial charge on any atom is 0.268 e. The molecule has 3 N–H and O–H groups in total. The van der Waals surface area contributed by atoms with Crippen molar-refractivity contribution >= 4 is 40.0 Å².